The number of ether oxygens (including phenoxy) is 3. The third-order valence-electron chi connectivity index (χ3n) is 4.98. The van der Waals surface area contributed by atoms with Crippen LogP contribution in [0, 0.1) is 11.3 Å². The summed E-state index contributed by atoms with van der Waals surface area (Å²) in [5.41, 5.74) is 3.26. The van der Waals surface area contributed by atoms with Crippen LogP contribution >= 0.6 is 0 Å². The molecule has 3 rings (SSSR count). The number of amides is 1. The summed E-state index contributed by atoms with van der Waals surface area (Å²) in [4.78, 5) is 13.6. The number of nitriles is 1. The number of rotatable bonds is 7. The van der Waals surface area contributed by atoms with E-state index >= 15 is 0 Å². The van der Waals surface area contributed by atoms with Gasteiger partial charge in [0.05, 0.1) is 30.5 Å². The number of likely N-dealkylation sites (N-methyl/N-ethyl adjacent to an activating group) is 1. The zero-order valence-corrected chi connectivity index (χ0v) is 17.6. The van der Waals surface area contributed by atoms with Gasteiger partial charge in [0.2, 0.25) is 0 Å². The lowest BCUT2D eigenvalue weighted by atomic mass is 10.1. The van der Waals surface area contributed by atoms with Gasteiger partial charge in [-0.2, -0.15) is 5.26 Å². The smallest absolute Gasteiger partial charge is 0.415 e. The van der Waals surface area contributed by atoms with Crippen LogP contribution in [0.25, 0.3) is 22.2 Å². The van der Waals surface area contributed by atoms with Crippen LogP contribution in [-0.2, 0) is 11.3 Å². The molecule has 156 valence electrons. The van der Waals surface area contributed by atoms with Gasteiger partial charge < -0.3 is 23.7 Å². The molecule has 0 atom stereocenters. The predicted molar refractivity (Wildman–Crippen MR) is 115 cm³/mol. The number of nitrogens with zero attached hydrogens (tertiary/aromatic N) is 3. The second kappa shape index (κ2) is 9.33. The molecule has 0 radical (unpaired) electrons. The third-order valence-corrected chi connectivity index (χ3v) is 4.98. The van der Waals surface area contributed by atoms with Crippen molar-refractivity contribution in [2.75, 3.05) is 34.4 Å². The molecule has 0 aliphatic heterocycles. The maximum atomic E-state index is 12.1. The number of benzene rings is 2. The molecular weight excluding hydrogens is 382 g/mol. The Morgan fingerprint density at radius 3 is 2.43 bits per heavy atom. The van der Waals surface area contributed by atoms with Crippen molar-refractivity contribution in [2.45, 2.75) is 13.5 Å². The van der Waals surface area contributed by atoms with Crippen molar-refractivity contribution in [3.8, 4) is 28.8 Å². The standard InChI is InChI=1S/C23H25N3O4/c1-5-26-21-14-18(29-4)10-11-19(21)20(15-24)22(26)16-6-8-17(9-7-16)30-23(27)25(2)12-13-28-3/h6-11,14H,5,12-13H2,1-4H3. The lowest BCUT2D eigenvalue weighted by Crippen LogP contribution is -2.32. The summed E-state index contributed by atoms with van der Waals surface area (Å²) in [6.45, 7) is 3.62. The van der Waals surface area contributed by atoms with Crippen molar-refractivity contribution in [2.24, 2.45) is 0 Å². The summed E-state index contributed by atoms with van der Waals surface area (Å²) < 4.78 is 17.8. The lowest BCUT2D eigenvalue weighted by molar-refractivity contribution is 0.135. The Morgan fingerprint density at radius 2 is 1.83 bits per heavy atom. The Morgan fingerprint density at radius 1 is 1.13 bits per heavy atom. The first kappa shape index (κ1) is 21.2. The molecule has 1 heterocycles. The molecule has 30 heavy (non-hydrogen) atoms. The average Bonchev–Trinajstić information content (AvgIpc) is 3.10. The Kier molecular flexibility index (Phi) is 6.60. The largest absolute Gasteiger partial charge is 0.497 e. The molecule has 0 N–H and O–H groups in total. The highest BCUT2D eigenvalue weighted by atomic mass is 16.6. The fourth-order valence-corrected chi connectivity index (χ4v) is 3.38. The highest BCUT2D eigenvalue weighted by Crippen LogP contribution is 2.35. The van der Waals surface area contributed by atoms with Crippen LogP contribution < -0.4 is 9.47 Å². The minimum atomic E-state index is -0.452. The first-order valence-corrected chi connectivity index (χ1v) is 9.66. The fraction of sp³-hybridized carbons (Fsp3) is 0.304. The number of aryl methyl sites for hydroxylation is 1. The summed E-state index contributed by atoms with van der Waals surface area (Å²) in [7, 11) is 4.86. The fourth-order valence-electron chi connectivity index (χ4n) is 3.38. The summed E-state index contributed by atoms with van der Waals surface area (Å²) in [6, 6.07) is 15.2. The van der Waals surface area contributed by atoms with Crippen molar-refractivity contribution >= 4 is 17.0 Å². The van der Waals surface area contributed by atoms with E-state index in [-0.39, 0.29) is 0 Å². The Labute approximate surface area is 176 Å². The van der Waals surface area contributed by atoms with E-state index in [1.807, 2.05) is 37.3 Å². The van der Waals surface area contributed by atoms with E-state index in [4.69, 9.17) is 14.2 Å². The van der Waals surface area contributed by atoms with E-state index in [1.165, 1.54) is 4.90 Å². The number of aromatic nitrogens is 1. The summed E-state index contributed by atoms with van der Waals surface area (Å²) in [5, 5.41) is 10.7. The molecule has 2 aromatic carbocycles. The molecule has 0 bridgehead atoms. The number of methoxy groups -OCH3 is 2. The maximum absolute atomic E-state index is 12.1. The minimum Gasteiger partial charge on any atom is -0.497 e. The highest BCUT2D eigenvalue weighted by molar-refractivity contribution is 5.95. The number of carbonyl (C=O) groups excluding carboxylic acids is 1. The van der Waals surface area contributed by atoms with Crippen LogP contribution in [0.5, 0.6) is 11.5 Å². The quantitative estimate of drug-likeness (QED) is 0.584. The predicted octanol–water partition coefficient (Wildman–Crippen LogP) is 4.29. The van der Waals surface area contributed by atoms with Gasteiger partial charge in [0.1, 0.15) is 17.6 Å². The van der Waals surface area contributed by atoms with E-state index in [1.54, 1.807) is 33.4 Å². The summed E-state index contributed by atoms with van der Waals surface area (Å²) in [6.07, 6.45) is -0.452. The van der Waals surface area contributed by atoms with Crippen LogP contribution in [0.2, 0.25) is 0 Å². The van der Waals surface area contributed by atoms with Gasteiger partial charge in [-0.25, -0.2) is 4.79 Å². The summed E-state index contributed by atoms with van der Waals surface area (Å²) >= 11 is 0. The molecular formula is C23H25N3O4. The van der Waals surface area contributed by atoms with Gasteiger partial charge >= 0.3 is 6.09 Å². The van der Waals surface area contributed by atoms with Crippen molar-refractivity contribution in [1.29, 1.82) is 5.26 Å². The third kappa shape index (κ3) is 4.09. The van der Waals surface area contributed by atoms with Crippen LogP contribution in [0.1, 0.15) is 12.5 Å². The Bertz CT molecular complexity index is 1080. The van der Waals surface area contributed by atoms with Crippen molar-refractivity contribution in [1.82, 2.24) is 9.47 Å². The first-order chi connectivity index (χ1) is 14.5. The number of fused-ring (bicyclic) bond motifs is 1. The molecule has 1 amide bonds. The van der Waals surface area contributed by atoms with E-state index in [0.29, 0.717) is 31.0 Å². The van der Waals surface area contributed by atoms with E-state index in [0.717, 1.165) is 27.9 Å². The molecule has 0 unspecified atom stereocenters. The molecule has 0 fully saturated rings. The molecule has 7 heteroatoms. The van der Waals surface area contributed by atoms with Crippen LogP contribution in [0.4, 0.5) is 4.79 Å². The second-order valence-corrected chi connectivity index (χ2v) is 6.77. The van der Waals surface area contributed by atoms with Crippen LogP contribution in [0.3, 0.4) is 0 Å². The van der Waals surface area contributed by atoms with Gasteiger partial charge in [-0.3, -0.25) is 0 Å². The van der Waals surface area contributed by atoms with E-state index in [9.17, 15) is 10.1 Å². The van der Waals surface area contributed by atoms with Crippen LogP contribution in [0.15, 0.2) is 42.5 Å². The van der Waals surface area contributed by atoms with E-state index in [2.05, 4.69) is 10.6 Å². The number of carbonyl (C=O) groups is 1. The molecule has 1 aromatic heterocycles. The monoisotopic (exact) mass is 407 g/mol. The SMILES string of the molecule is CCn1c(-c2ccc(OC(=O)N(C)CCOC)cc2)c(C#N)c2ccc(OC)cc21. The van der Waals surface area contributed by atoms with Gasteiger partial charge in [0, 0.05) is 38.7 Å². The lowest BCUT2D eigenvalue weighted by Gasteiger charge is -2.16. The number of hydrogen-bond donors (Lipinski definition) is 0. The highest BCUT2D eigenvalue weighted by Gasteiger charge is 2.19. The van der Waals surface area contributed by atoms with Gasteiger partial charge in [0.25, 0.3) is 0 Å². The molecule has 0 saturated heterocycles. The summed E-state index contributed by atoms with van der Waals surface area (Å²) in [5.74, 6) is 1.18. The number of hydrogen-bond acceptors (Lipinski definition) is 5. The minimum absolute atomic E-state index is 0.437. The molecule has 0 aliphatic rings. The molecule has 3 aromatic rings. The van der Waals surface area contributed by atoms with Gasteiger partial charge in [-0.15, -0.1) is 0 Å². The van der Waals surface area contributed by atoms with Gasteiger partial charge in [-0.1, -0.05) is 0 Å². The van der Waals surface area contributed by atoms with Crippen molar-refractivity contribution in [3.63, 3.8) is 0 Å². The van der Waals surface area contributed by atoms with E-state index < -0.39 is 6.09 Å². The zero-order chi connectivity index (χ0) is 21.7. The van der Waals surface area contributed by atoms with Crippen molar-refractivity contribution < 1.29 is 19.0 Å². The van der Waals surface area contributed by atoms with Crippen LogP contribution in [-0.4, -0.2) is 50.0 Å². The van der Waals surface area contributed by atoms with Gasteiger partial charge in [0.15, 0.2) is 0 Å². The molecule has 0 saturated carbocycles. The van der Waals surface area contributed by atoms with Crippen molar-refractivity contribution in [3.05, 3.63) is 48.0 Å². The topological polar surface area (TPSA) is 76.7 Å². The maximum Gasteiger partial charge on any atom is 0.415 e. The normalized spacial score (nSPS) is 10.6. The molecule has 7 nitrogen and oxygen atoms in total. The average molecular weight is 407 g/mol. The zero-order valence-electron chi connectivity index (χ0n) is 17.6. The Hall–Kier alpha value is -3.50. The molecule has 0 aliphatic carbocycles. The van der Waals surface area contributed by atoms with Gasteiger partial charge in [-0.05, 0) is 48.9 Å². The second-order valence-electron chi connectivity index (χ2n) is 6.77. The Balaban J connectivity index is 1.94. The first-order valence-electron chi connectivity index (χ1n) is 9.66. The molecule has 0 spiro atoms.